The van der Waals surface area contributed by atoms with Crippen LogP contribution in [0.5, 0.6) is 0 Å². The third-order valence-electron chi connectivity index (χ3n) is 7.46. The molecule has 8 nitrogen and oxygen atoms in total. The third-order valence-corrected chi connectivity index (χ3v) is 8.36. The predicted octanol–water partition coefficient (Wildman–Crippen LogP) is 6.36. The van der Waals surface area contributed by atoms with E-state index in [0.29, 0.717) is 18.0 Å². The van der Waals surface area contributed by atoms with E-state index in [-0.39, 0.29) is 11.0 Å². The highest BCUT2D eigenvalue weighted by atomic mass is 32.1. The van der Waals surface area contributed by atoms with Crippen LogP contribution in [0, 0.1) is 11.0 Å². The highest BCUT2D eigenvalue weighted by molar-refractivity contribution is 7.14. The molecule has 6 heterocycles. The maximum absolute atomic E-state index is 13.7. The van der Waals surface area contributed by atoms with Gasteiger partial charge in [-0.15, -0.1) is 11.3 Å². The van der Waals surface area contributed by atoms with E-state index < -0.39 is 0 Å². The van der Waals surface area contributed by atoms with Gasteiger partial charge in [0.05, 0.1) is 35.0 Å². The first-order valence-corrected chi connectivity index (χ1v) is 14.1. The molecule has 1 aromatic carbocycles. The maximum Gasteiger partial charge on any atom is 0.224 e. The molecule has 7 rings (SSSR count). The van der Waals surface area contributed by atoms with E-state index in [1.54, 1.807) is 24.7 Å². The molecule has 0 unspecified atom stereocenters. The fourth-order valence-electron chi connectivity index (χ4n) is 5.45. The van der Waals surface area contributed by atoms with Crippen molar-refractivity contribution in [3.8, 4) is 33.1 Å². The highest BCUT2D eigenvalue weighted by Crippen LogP contribution is 2.37. The van der Waals surface area contributed by atoms with Crippen molar-refractivity contribution >= 4 is 44.7 Å². The van der Waals surface area contributed by atoms with Crippen molar-refractivity contribution < 1.29 is 9.18 Å². The Labute approximate surface area is 233 Å². The Morgan fingerprint density at radius 3 is 2.77 bits per heavy atom. The molecule has 5 aromatic heterocycles. The summed E-state index contributed by atoms with van der Waals surface area (Å²) in [5.41, 5.74) is 6.51. The Bertz CT molecular complexity index is 1850. The van der Waals surface area contributed by atoms with Crippen LogP contribution >= 0.6 is 11.3 Å². The van der Waals surface area contributed by atoms with Gasteiger partial charge in [0.2, 0.25) is 5.91 Å². The summed E-state index contributed by atoms with van der Waals surface area (Å²) in [6, 6.07) is 15.2. The Hall–Kier alpha value is -4.41. The molecular weight excluding hydrogens is 525 g/mol. The standard InChI is InChI=1S/C30H26FN7OS/c31-28-5-4-27(40-28)20-2-1-3-23-21(20)12-25(36-23)30-22-13-24(34-16-26(22)37-38-30)18-11-19(15-33-14-18)35-29(39)10-17-6-8-32-9-7-17/h1-5,11-17,32,36H,6-10H2,(H,35,39)(H,37,38). The smallest absolute Gasteiger partial charge is 0.224 e. The van der Waals surface area contributed by atoms with Gasteiger partial charge in [-0.25, -0.2) is 0 Å². The number of nitrogens with zero attached hydrogens (tertiary/aromatic N) is 3. The van der Waals surface area contributed by atoms with Crippen molar-refractivity contribution in [3.63, 3.8) is 0 Å². The predicted molar refractivity (Wildman–Crippen MR) is 157 cm³/mol. The number of aromatic nitrogens is 5. The number of amides is 1. The fourth-order valence-corrected chi connectivity index (χ4v) is 6.22. The molecule has 200 valence electrons. The summed E-state index contributed by atoms with van der Waals surface area (Å²) >= 11 is 1.13. The molecule has 0 aliphatic carbocycles. The molecule has 0 bridgehead atoms. The van der Waals surface area contributed by atoms with Crippen molar-refractivity contribution in [1.29, 1.82) is 0 Å². The Kier molecular flexibility index (Phi) is 6.33. The zero-order chi connectivity index (χ0) is 27.1. The summed E-state index contributed by atoms with van der Waals surface area (Å²) in [5.74, 6) is 0.419. The minimum Gasteiger partial charge on any atom is -0.353 e. The van der Waals surface area contributed by atoms with Crippen LogP contribution < -0.4 is 10.6 Å². The second kappa shape index (κ2) is 10.3. The molecule has 1 amide bonds. The average Bonchev–Trinajstić information content (AvgIpc) is 3.71. The first-order valence-electron chi connectivity index (χ1n) is 13.3. The molecule has 1 aliphatic rings. The Balaban J connectivity index is 1.19. The monoisotopic (exact) mass is 551 g/mol. The number of pyridine rings is 2. The number of fused-ring (bicyclic) bond motifs is 2. The molecule has 6 aromatic rings. The minimum absolute atomic E-state index is 0.00912. The van der Waals surface area contributed by atoms with Crippen molar-refractivity contribution in [2.24, 2.45) is 5.92 Å². The maximum atomic E-state index is 13.7. The van der Waals surface area contributed by atoms with E-state index in [1.165, 1.54) is 6.07 Å². The van der Waals surface area contributed by atoms with Crippen LogP contribution in [-0.4, -0.2) is 44.1 Å². The van der Waals surface area contributed by atoms with Crippen molar-refractivity contribution in [2.45, 2.75) is 19.3 Å². The average molecular weight is 552 g/mol. The van der Waals surface area contributed by atoms with Crippen LogP contribution in [0.1, 0.15) is 19.3 Å². The Morgan fingerprint density at radius 2 is 1.93 bits per heavy atom. The number of aromatic amines is 2. The fraction of sp³-hybridized carbons (Fsp3) is 0.200. The van der Waals surface area contributed by atoms with E-state index in [4.69, 9.17) is 0 Å². The van der Waals surface area contributed by atoms with Crippen molar-refractivity contribution in [1.82, 2.24) is 30.5 Å². The molecule has 4 N–H and O–H groups in total. The number of anilines is 1. The van der Waals surface area contributed by atoms with E-state index in [2.05, 4.69) is 41.8 Å². The zero-order valence-corrected chi connectivity index (χ0v) is 22.3. The topological polar surface area (TPSA) is 111 Å². The van der Waals surface area contributed by atoms with Gasteiger partial charge in [-0.2, -0.15) is 9.49 Å². The van der Waals surface area contributed by atoms with Crippen LogP contribution in [0.2, 0.25) is 0 Å². The van der Waals surface area contributed by atoms with Crippen LogP contribution in [0.4, 0.5) is 10.1 Å². The highest BCUT2D eigenvalue weighted by Gasteiger charge is 2.18. The lowest BCUT2D eigenvalue weighted by Gasteiger charge is -2.21. The lowest BCUT2D eigenvalue weighted by molar-refractivity contribution is -0.117. The minimum atomic E-state index is -0.207. The van der Waals surface area contributed by atoms with Gasteiger partial charge in [-0.05, 0) is 68.2 Å². The number of benzene rings is 1. The van der Waals surface area contributed by atoms with Crippen molar-refractivity contribution in [3.05, 3.63) is 72.3 Å². The normalized spacial score (nSPS) is 14.2. The molecule has 10 heteroatoms. The van der Waals surface area contributed by atoms with Crippen LogP contribution in [0.25, 0.3) is 54.9 Å². The third kappa shape index (κ3) is 4.76. The molecule has 1 fully saturated rings. The number of halogens is 1. The number of thiophene rings is 1. The van der Waals surface area contributed by atoms with Gasteiger partial charge >= 0.3 is 0 Å². The second-order valence-corrected chi connectivity index (χ2v) is 11.2. The van der Waals surface area contributed by atoms with E-state index >= 15 is 0 Å². The number of nitrogens with one attached hydrogen (secondary N) is 4. The van der Waals surface area contributed by atoms with Crippen LogP contribution in [-0.2, 0) is 4.79 Å². The molecule has 0 saturated carbocycles. The van der Waals surface area contributed by atoms with Gasteiger partial charge in [0.15, 0.2) is 5.13 Å². The summed E-state index contributed by atoms with van der Waals surface area (Å²) < 4.78 is 13.7. The molecular formula is C30H26FN7OS. The summed E-state index contributed by atoms with van der Waals surface area (Å²) in [7, 11) is 0. The lowest BCUT2D eigenvalue weighted by atomic mass is 9.94. The summed E-state index contributed by atoms with van der Waals surface area (Å²) in [5, 5.41) is 15.7. The summed E-state index contributed by atoms with van der Waals surface area (Å²) in [6.45, 7) is 1.93. The molecule has 1 aliphatic heterocycles. The summed E-state index contributed by atoms with van der Waals surface area (Å²) in [4.78, 5) is 26.0. The molecule has 1 saturated heterocycles. The number of carbonyl (C=O) groups excluding carboxylic acids is 1. The van der Waals surface area contributed by atoms with Crippen molar-refractivity contribution in [2.75, 3.05) is 18.4 Å². The number of carbonyl (C=O) groups is 1. The van der Waals surface area contributed by atoms with Gasteiger partial charge in [-0.3, -0.25) is 19.9 Å². The van der Waals surface area contributed by atoms with Crippen LogP contribution in [0.15, 0.2) is 67.1 Å². The van der Waals surface area contributed by atoms with Gasteiger partial charge < -0.3 is 15.6 Å². The van der Waals surface area contributed by atoms with Gasteiger partial charge in [-0.1, -0.05) is 12.1 Å². The number of hydrogen-bond acceptors (Lipinski definition) is 6. The quantitative estimate of drug-likeness (QED) is 0.192. The lowest BCUT2D eigenvalue weighted by Crippen LogP contribution is -2.30. The SMILES string of the molecule is O=C(CC1CCNCC1)Nc1cncc(-c2cc3c(-c4cc5c(-c6ccc(F)s6)cccc5[nH]4)n[nH]c3cn2)c1. The summed E-state index contributed by atoms with van der Waals surface area (Å²) in [6.07, 6.45) is 7.72. The van der Waals surface area contributed by atoms with Crippen LogP contribution in [0.3, 0.4) is 0 Å². The number of rotatable bonds is 6. The molecule has 0 radical (unpaired) electrons. The number of H-pyrrole nitrogens is 2. The zero-order valence-electron chi connectivity index (χ0n) is 21.5. The van der Waals surface area contributed by atoms with E-state index in [9.17, 15) is 9.18 Å². The molecule has 40 heavy (non-hydrogen) atoms. The number of hydrogen-bond donors (Lipinski definition) is 4. The second-order valence-electron chi connectivity index (χ2n) is 10.1. The van der Waals surface area contributed by atoms with Gasteiger partial charge in [0.1, 0.15) is 5.69 Å². The van der Waals surface area contributed by atoms with Gasteiger partial charge in [0, 0.05) is 44.9 Å². The molecule has 0 atom stereocenters. The van der Waals surface area contributed by atoms with E-state index in [1.807, 2.05) is 30.3 Å². The van der Waals surface area contributed by atoms with Gasteiger partial charge in [0.25, 0.3) is 0 Å². The number of piperidine rings is 1. The largest absolute Gasteiger partial charge is 0.353 e. The Morgan fingerprint density at radius 1 is 1.02 bits per heavy atom. The molecule has 0 spiro atoms. The first-order chi connectivity index (χ1) is 19.6. The van der Waals surface area contributed by atoms with E-state index in [0.717, 1.165) is 92.2 Å². The first kappa shape index (κ1) is 24.6.